The van der Waals surface area contributed by atoms with Gasteiger partial charge in [-0.05, 0) is 29.5 Å². The van der Waals surface area contributed by atoms with Crippen molar-refractivity contribution in [3.8, 4) is 0 Å². The number of aliphatic hydroxyl groups excluding tert-OH is 1. The van der Waals surface area contributed by atoms with Crippen molar-refractivity contribution in [1.29, 1.82) is 0 Å². The number of amides is 1. The zero-order chi connectivity index (χ0) is 21.3. The fourth-order valence-electron chi connectivity index (χ4n) is 3.15. The maximum absolute atomic E-state index is 12.0. The van der Waals surface area contributed by atoms with E-state index < -0.39 is 6.09 Å². The molecule has 1 heterocycles. The molecule has 1 amide bonds. The van der Waals surface area contributed by atoms with Crippen molar-refractivity contribution in [2.24, 2.45) is 10.9 Å². The zero-order valence-corrected chi connectivity index (χ0v) is 17.5. The van der Waals surface area contributed by atoms with Gasteiger partial charge < -0.3 is 15.2 Å². The van der Waals surface area contributed by atoms with Crippen LogP contribution in [0.1, 0.15) is 30.5 Å². The molecule has 0 unspecified atom stereocenters. The summed E-state index contributed by atoms with van der Waals surface area (Å²) < 4.78 is 5.31. The minimum Gasteiger partial charge on any atom is -0.445 e. The molecule has 160 valence electrons. The molecule has 0 saturated heterocycles. The van der Waals surface area contributed by atoms with Gasteiger partial charge in [0.25, 0.3) is 0 Å². The first kappa shape index (κ1) is 21.8. The molecule has 1 aliphatic rings. The van der Waals surface area contributed by atoms with E-state index in [4.69, 9.17) is 9.57 Å². The Bertz CT molecular complexity index is 855. The van der Waals surface area contributed by atoms with Gasteiger partial charge in [-0.1, -0.05) is 62.4 Å². The van der Waals surface area contributed by atoms with Crippen molar-refractivity contribution >= 4 is 11.9 Å². The Labute approximate surface area is 177 Å². The molecule has 3 rings (SSSR count). The molecule has 0 aliphatic carbocycles. The van der Waals surface area contributed by atoms with Gasteiger partial charge in [0.05, 0.1) is 19.2 Å². The number of amidine groups is 1. The third-order valence-electron chi connectivity index (χ3n) is 4.97. The molecule has 0 aromatic heterocycles. The Morgan fingerprint density at radius 1 is 1.20 bits per heavy atom. The lowest BCUT2D eigenvalue weighted by Crippen LogP contribution is -2.41. The van der Waals surface area contributed by atoms with Crippen LogP contribution in [0.4, 0.5) is 4.79 Å². The highest BCUT2D eigenvalue weighted by atomic mass is 16.7. The highest BCUT2D eigenvalue weighted by Gasteiger charge is 2.20. The number of nitrogens with zero attached hydrogens (tertiary/aromatic N) is 2. The molecule has 0 bridgehead atoms. The van der Waals surface area contributed by atoms with Gasteiger partial charge in [0, 0.05) is 5.56 Å². The van der Waals surface area contributed by atoms with E-state index in [0.717, 1.165) is 23.4 Å². The zero-order valence-electron chi connectivity index (χ0n) is 17.5. The molecule has 0 saturated carbocycles. The number of hydroxylamine groups is 2. The maximum atomic E-state index is 12.0. The largest absolute Gasteiger partial charge is 0.445 e. The van der Waals surface area contributed by atoms with Crippen LogP contribution in [0.5, 0.6) is 0 Å². The van der Waals surface area contributed by atoms with Crippen LogP contribution in [0.25, 0.3) is 0 Å². The van der Waals surface area contributed by atoms with E-state index in [1.54, 1.807) is 0 Å². The summed E-state index contributed by atoms with van der Waals surface area (Å²) in [7, 11) is 0. The molecule has 0 spiro atoms. The summed E-state index contributed by atoms with van der Waals surface area (Å²) in [6, 6.07) is 17.6. The van der Waals surface area contributed by atoms with Gasteiger partial charge in [0.1, 0.15) is 6.61 Å². The number of aliphatic imine (C=N–C) groups is 1. The second-order valence-corrected chi connectivity index (χ2v) is 7.53. The Kier molecular flexibility index (Phi) is 7.82. The van der Waals surface area contributed by atoms with Crippen LogP contribution in [0, 0.1) is 5.92 Å². The van der Waals surface area contributed by atoms with Crippen molar-refractivity contribution in [2.75, 3.05) is 19.9 Å². The second kappa shape index (κ2) is 10.8. The number of carbonyl (C=O) groups excluding carboxylic acids is 1. The molecule has 2 aromatic rings. The number of benzene rings is 2. The van der Waals surface area contributed by atoms with E-state index in [1.165, 1.54) is 5.56 Å². The maximum Gasteiger partial charge on any atom is 0.407 e. The fourth-order valence-corrected chi connectivity index (χ4v) is 3.15. The van der Waals surface area contributed by atoms with Gasteiger partial charge in [-0.25, -0.2) is 19.7 Å². The molecule has 30 heavy (non-hydrogen) atoms. The quantitative estimate of drug-likeness (QED) is 0.662. The second-order valence-electron chi connectivity index (χ2n) is 7.53. The predicted octanol–water partition coefficient (Wildman–Crippen LogP) is 3.12. The van der Waals surface area contributed by atoms with Crippen molar-refractivity contribution in [3.63, 3.8) is 0 Å². The van der Waals surface area contributed by atoms with Crippen molar-refractivity contribution < 1.29 is 19.5 Å². The van der Waals surface area contributed by atoms with Crippen LogP contribution in [-0.2, 0) is 22.6 Å². The van der Waals surface area contributed by atoms with Gasteiger partial charge in [0.15, 0.2) is 12.6 Å². The van der Waals surface area contributed by atoms with Gasteiger partial charge in [0.2, 0.25) is 0 Å². The normalized spacial score (nSPS) is 14.5. The molecule has 7 heteroatoms. The number of carbonyl (C=O) groups is 1. The third kappa shape index (κ3) is 6.05. The molecule has 7 nitrogen and oxygen atoms in total. The number of aliphatic hydroxyl groups is 1. The van der Waals surface area contributed by atoms with E-state index in [9.17, 15) is 9.90 Å². The van der Waals surface area contributed by atoms with E-state index in [1.807, 2.05) is 61.4 Å². The summed E-state index contributed by atoms with van der Waals surface area (Å²) in [5, 5.41) is 13.8. The van der Waals surface area contributed by atoms with Gasteiger partial charge in [-0.15, -0.1) is 0 Å². The van der Waals surface area contributed by atoms with E-state index in [0.29, 0.717) is 13.3 Å². The average Bonchev–Trinajstić information content (AvgIpc) is 3.24. The van der Waals surface area contributed by atoms with Gasteiger partial charge >= 0.3 is 6.09 Å². The molecule has 1 aliphatic heterocycles. The van der Waals surface area contributed by atoms with Crippen LogP contribution in [0.3, 0.4) is 0 Å². The van der Waals surface area contributed by atoms with E-state index in [-0.39, 0.29) is 25.2 Å². The summed E-state index contributed by atoms with van der Waals surface area (Å²) in [5.74, 6) is 0.894. The van der Waals surface area contributed by atoms with Crippen LogP contribution in [0.2, 0.25) is 0 Å². The Morgan fingerprint density at radius 2 is 1.97 bits per heavy atom. The lowest BCUT2D eigenvalue weighted by Gasteiger charge is -2.20. The van der Waals surface area contributed by atoms with Crippen LogP contribution < -0.4 is 5.32 Å². The Morgan fingerprint density at radius 3 is 2.70 bits per heavy atom. The highest BCUT2D eigenvalue weighted by Crippen LogP contribution is 2.16. The van der Waals surface area contributed by atoms with Crippen molar-refractivity contribution in [3.05, 3.63) is 71.3 Å². The van der Waals surface area contributed by atoms with Crippen LogP contribution >= 0.6 is 0 Å². The number of nitrogens with one attached hydrogen (secondary N) is 1. The summed E-state index contributed by atoms with van der Waals surface area (Å²) in [6.45, 7) is 4.86. The first-order valence-electron chi connectivity index (χ1n) is 10.2. The highest BCUT2D eigenvalue weighted by molar-refractivity contribution is 5.98. The van der Waals surface area contributed by atoms with E-state index in [2.05, 4.69) is 22.4 Å². The van der Waals surface area contributed by atoms with E-state index >= 15 is 0 Å². The SMILES string of the molecule is CC(C)[C@@H](CO)NC(=O)OCc1cccc(C2=NCON2CCc2ccccc2)c1. The number of hydrogen-bond donors (Lipinski definition) is 2. The first-order valence-corrected chi connectivity index (χ1v) is 10.2. The lowest BCUT2D eigenvalue weighted by atomic mass is 10.1. The third-order valence-corrected chi connectivity index (χ3v) is 4.97. The first-order chi connectivity index (χ1) is 14.6. The number of hydrogen-bond acceptors (Lipinski definition) is 6. The molecular weight excluding hydrogens is 382 g/mol. The summed E-state index contributed by atoms with van der Waals surface area (Å²) in [4.78, 5) is 22.2. The molecule has 2 aromatic carbocycles. The number of rotatable bonds is 9. The minimum absolute atomic E-state index is 0.119. The molecular formula is C23H29N3O4. The summed E-state index contributed by atoms with van der Waals surface area (Å²) in [5.41, 5.74) is 3.01. The summed E-state index contributed by atoms with van der Waals surface area (Å²) in [6.07, 6.45) is 0.309. The average molecular weight is 412 g/mol. The van der Waals surface area contributed by atoms with Crippen molar-refractivity contribution in [2.45, 2.75) is 32.9 Å². The monoisotopic (exact) mass is 411 g/mol. The van der Waals surface area contributed by atoms with Crippen molar-refractivity contribution in [1.82, 2.24) is 10.4 Å². The molecule has 0 radical (unpaired) electrons. The summed E-state index contributed by atoms with van der Waals surface area (Å²) >= 11 is 0. The fraction of sp³-hybridized carbons (Fsp3) is 0.391. The Hall–Kier alpha value is -2.90. The lowest BCUT2D eigenvalue weighted by molar-refractivity contribution is -0.0743. The number of alkyl carbamates (subject to hydrolysis) is 1. The molecule has 0 fully saturated rings. The van der Waals surface area contributed by atoms with Gasteiger partial charge in [-0.3, -0.25) is 0 Å². The topological polar surface area (TPSA) is 83.4 Å². The molecule has 2 N–H and O–H groups in total. The van der Waals surface area contributed by atoms with Crippen LogP contribution in [-0.4, -0.2) is 48.0 Å². The van der Waals surface area contributed by atoms with Gasteiger partial charge in [-0.2, -0.15) is 0 Å². The standard InChI is InChI=1S/C23H29N3O4/c1-17(2)21(14-27)25-23(28)29-15-19-9-6-10-20(13-19)22-24-16-30-26(22)12-11-18-7-4-3-5-8-18/h3-10,13,17,21,27H,11-12,14-16H2,1-2H3,(H,25,28)/t21-/m1/s1. The predicted molar refractivity (Wildman–Crippen MR) is 115 cm³/mol. The number of ether oxygens (including phenoxy) is 1. The van der Waals surface area contributed by atoms with Crippen LogP contribution in [0.15, 0.2) is 59.6 Å². The molecule has 1 atom stereocenters. The minimum atomic E-state index is -0.542. The smallest absolute Gasteiger partial charge is 0.407 e. The Balaban J connectivity index is 1.57.